The van der Waals surface area contributed by atoms with Crippen molar-refractivity contribution >= 4 is 38.7 Å². The molecular formula is C16H15BrClN3. The van der Waals surface area contributed by atoms with Crippen LogP contribution < -0.4 is 0 Å². The van der Waals surface area contributed by atoms with E-state index >= 15 is 0 Å². The number of aryl methyl sites for hydroxylation is 3. The van der Waals surface area contributed by atoms with Crippen LogP contribution in [0.2, 0.25) is 0 Å². The molecule has 0 N–H and O–H groups in total. The quantitative estimate of drug-likeness (QED) is 0.637. The molecule has 0 aliphatic rings. The van der Waals surface area contributed by atoms with Crippen molar-refractivity contribution in [1.29, 1.82) is 0 Å². The van der Waals surface area contributed by atoms with Crippen molar-refractivity contribution in [2.24, 2.45) is 0 Å². The summed E-state index contributed by atoms with van der Waals surface area (Å²) < 4.78 is 3.17. The number of nitrogens with zero attached hydrogens (tertiary/aromatic N) is 3. The third-order valence-corrected chi connectivity index (χ3v) is 4.59. The Labute approximate surface area is 137 Å². The minimum Gasteiger partial charge on any atom is -0.281 e. The summed E-state index contributed by atoms with van der Waals surface area (Å²) in [5, 5.41) is 0. The molecule has 0 unspecified atom stereocenters. The number of benzene rings is 1. The minimum absolute atomic E-state index is 0.537. The van der Waals surface area contributed by atoms with E-state index < -0.39 is 0 Å². The van der Waals surface area contributed by atoms with Gasteiger partial charge in [0.2, 0.25) is 0 Å². The van der Waals surface area contributed by atoms with Crippen LogP contribution in [-0.4, -0.2) is 20.4 Å². The topological polar surface area (TPSA) is 30.7 Å². The normalized spacial score (nSPS) is 11.2. The third-order valence-electron chi connectivity index (χ3n) is 3.55. The van der Waals surface area contributed by atoms with Crippen LogP contribution in [-0.2, 0) is 6.42 Å². The number of rotatable bonds is 3. The number of imidazole rings is 1. The van der Waals surface area contributed by atoms with Gasteiger partial charge in [-0.15, -0.1) is 11.6 Å². The van der Waals surface area contributed by atoms with Crippen molar-refractivity contribution in [2.75, 3.05) is 5.88 Å². The maximum Gasteiger partial charge on any atom is 0.164 e. The van der Waals surface area contributed by atoms with Gasteiger partial charge >= 0.3 is 0 Å². The summed E-state index contributed by atoms with van der Waals surface area (Å²) in [4.78, 5) is 9.25. The molecule has 5 heteroatoms. The zero-order chi connectivity index (χ0) is 15.0. The molecule has 0 radical (unpaired) electrons. The van der Waals surface area contributed by atoms with Gasteiger partial charge in [-0.1, -0.05) is 22.0 Å². The van der Waals surface area contributed by atoms with Crippen LogP contribution in [0.3, 0.4) is 0 Å². The van der Waals surface area contributed by atoms with Gasteiger partial charge in [0.15, 0.2) is 5.65 Å². The molecule has 108 valence electrons. The Hall–Kier alpha value is -1.39. The molecule has 21 heavy (non-hydrogen) atoms. The highest BCUT2D eigenvalue weighted by molar-refractivity contribution is 9.10. The fraction of sp³-hybridized carbons (Fsp3) is 0.250. The molecule has 2 heterocycles. The highest BCUT2D eigenvalue weighted by atomic mass is 79.9. The van der Waals surface area contributed by atoms with Gasteiger partial charge in [-0.3, -0.25) is 4.57 Å². The molecule has 2 aromatic heterocycles. The van der Waals surface area contributed by atoms with E-state index in [1.165, 1.54) is 5.56 Å². The zero-order valence-electron chi connectivity index (χ0n) is 11.9. The van der Waals surface area contributed by atoms with E-state index in [0.29, 0.717) is 12.3 Å². The molecule has 0 spiro atoms. The summed E-state index contributed by atoms with van der Waals surface area (Å²) in [6.07, 6.45) is 2.53. The lowest BCUT2D eigenvalue weighted by Gasteiger charge is -2.09. The molecule has 0 saturated carbocycles. The Morgan fingerprint density at radius 2 is 2.00 bits per heavy atom. The molecule has 1 aromatic carbocycles. The van der Waals surface area contributed by atoms with E-state index in [0.717, 1.165) is 32.7 Å². The first kappa shape index (κ1) is 14.5. The second kappa shape index (κ2) is 5.78. The fourth-order valence-electron chi connectivity index (χ4n) is 2.38. The molecule has 0 saturated heterocycles. The Morgan fingerprint density at radius 1 is 1.19 bits per heavy atom. The van der Waals surface area contributed by atoms with Crippen molar-refractivity contribution in [3.8, 4) is 5.69 Å². The minimum atomic E-state index is 0.537. The maximum absolute atomic E-state index is 5.94. The summed E-state index contributed by atoms with van der Waals surface area (Å²) in [6.45, 7) is 4.12. The van der Waals surface area contributed by atoms with E-state index in [9.17, 15) is 0 Å². The third kappa shape index (κ3) is 2.58. The highest BCUT2D eigenvalue weighted by Gasteiger charge is 2.15. The lowest BCUT2D eigenvalue weighted by molar-refractivity contribution is 0.904. The highest BCUT2D eigenvalue weighted by Crippen LogP contribution is 2.26. The maximum atomic E-state index is 5.94. The van der Waals surface area contributed by atoms with Crippen LogP contribution >= 0.6 is 27.5 Å². The Kier molecular flexibility index (Phi) is 4.00. The second-order valence-electron chi connectivity index (χ2n) is 5.04. The lowest BCUT2D eigenvalue weighted by atomic mass is 10.2. The van der Waals surface area contributed by atoms with Crippen molar-refractivity contribution in [3.63, 3.8) is 0 Å². The van der Waals surface area contributed by atoms with Gasteiger partial charge in [0, 0.05) is 28.7 Å². The Morgan fingerprint density at radius 3 is 2.71 bits per heavy atom. The van der Waals surface area contributed by atoms with E-state index in [1.54, 1.807) is 0 Å². The second-order valence-corrected chi connectivity index (χ2v) is 6.27. The first-order valence-electron chi connectivity index (χ1n) is 6.77. The first-order chi connectivity index (χ1) is 10.1. The van der Waals surface area contributed by atoms with Crippen molar-refractivity contribution in [3.05, 3.63) is 51.9 Å². The van der Waals surface area contributed by atoms with Gasteiger partial charge in [-0.05, 0) is 43.2 Å². The zero-order valence-corrected chi connectivity index (χ0v) is 14.2. The molecule has 0 fully saturated rings. The van der Waals surface area contributed by atoms with Gasteiger partial charge in [0.1, 0.15) is 11.3 Å². The van der Waals surface area contributed by atoms with Gasteiger partial charge in [0.25, 0.3) is 0 Å². The van der Waals surface area contributed by atoms with Crippen LogP contribution in [0.1, 0.15) is 17.0 Å². The molecule has 0 aliphatic heterocycles. The number of pyridine rings is 1. The first-order valence-corrected chi connectivity index (χ1v) is 8.10. The summed E-state index contributed by atoms with van der Waals surface area (Å²) in [5.74, 6) is 1.48. The monoisotopic (exact) mass is 363 g/mol. The molecule has 3 rings (SSSR count). The van der Waals surface area contributed by atoms with Crippen LogP contribution in [0.25, 0.3) is 16.9 Å². The average Bonchev–Trinajstić information content (AvgIpc) is 2.82. The van der Waals surface area contributed by atoms with Crippen LogP contribution in [0.15, 0.2) is 34.9 Å². The fourth-order valence-corrected chi connectivity index (χ4v) is 2.92. The summed E-state index contributed by atoms with van der Waals surface area (Å²) >= 11 is 9.53. The van der Waals surface area contributed by atoms with Gasteiger partial charge in [0.05, 0.1) is 0 Å². The van der Waals surface area contributed by atoms with Crippen LogP contribution in [0.5, 0.6) is 0 Å². The van der Waals surface area contributed by atoms with Crippen LogP contribution in [0, 0.1) is 13.8 Å². The van der Waals surface area contributed by atoms with E-state index in [-0.39, 0.29) is 0 Å². The predicted molar refractivity (Wildman–Crippen MR) is 90.5 cm³/mol. The Balaban J connectivity index is 2.30. The summed E-state index contributed by atoms with van der Waals surface area (Å²) in [7, 11) is 0. The van der Waals surface area contributed by atoms with Crippen LogP contribution in [0.4, 0.5) is 0 Å². The molecule has 0 bridgehead atoms. The predicted octanol–water partition coefficient (Wildman–Crippen LogP) is 4.58. The largest absolute Gasteiger partial charge is 0.281 e. The average molecular weight is 365 g/mol. The summed E-state index contributed by atoms with van der Waals surface area (Å²) in [6, 6.07) is 8.25. The Bertz CT molecular complexity index is 811. The van der Waals surface area contributed by atoms with E-state index in [2.05, 4.69) is 57.5 Å². The van der Waals surface area contributed by atoms with Crippen molar-refractivity contribution in [1.82, 2.24) is 14.5 Å². The van der Waals surface area contributed by atoms with Gasteiger partial charge < -0.3 is 0 Å². The number of hydrogen-bond acceptors (Lipinski definition) is 2. The molecule has 3 aromatic rings. The molecule has 0 aliphatic carbocycles. The summed E-state index contributed by atoms with van der Waals surface area (Å²) in [5.41, 5.74) is 5.19. The molecule has 0 atom stereocenters. The number of halogens is 2. The number of fused-ring (bicyclic) bond motifs is 1. The van der Waals surface area contributed by atoms with E-state index in [1.807, 2.05) is 12.3 Å². The molecule has 3 nitrogen and oxygen atoms in total. The van der Waals surface area contributed by atoms with Crippen molar-refractivity contribution < 1.29 is 0 Å². The molecule has 0 amide bonds. The van der Waals surface area contributed by atoms with Gasteiger partial charge in [-0.25, -0.2) is 9.97 Å². The van der Waals surface area contributed by atoms with Gasteiger partial charge in [-0.2, -0.15) is 0 Å². The smallest absolute Gasteiger partial charge is 0.164 e. The van der Waals surface area contributed by atoms with Crippen molar-refractivity contribution in [2.45, 2.75) is 20.3 Å². The lowest BCUT2D eigenvalue weighted by Crippen LogP contribution is -2.03. The number of hydrogen-bond donors (Lipinski definition) is 0. The standard InChI is InChI=1S/C16H15BrClN3/c1-10-3-4-12(9-13(10)17)21-14(5-7-18)20-15-11(2)6-8-19-16(15)21/h3-4,6,8-9H,5,7H2,1-2H3. The molecular weight excluding hydrogens is 350 g/mol. The number of aromatic nitrogens is 3. The van der Waals surface area contributed by atoms with E-state index in [4.69, 9.17) is 16.6 Å². The SMILES string of the molecule is Cc1ccc(-n2c(CCCl)nc3c(C)ccnc32)cc1Br. The number of alkyl halides is 1.